The minimum Gasteiger partial charge on any atom is -0.496 e. The number of hydrogen-bond donors (Lipinski definition) is 2. The minimum absolute atomic E-state index is 0.00140. The highest BCUT2D eigenvalue weighted by molar-refractivity contribution is 5.78. The number of benzene rings is 1. The molecule has 2 rings (SSSR count). The van der Waals surface area contributed by atoms with Gasteiger partial charge in [-0.2, -0.15) is 0 Å². The van der Waals surface area contributed by atoms with Crippen LogP contribution in [-0.2, 0) is 16.0 Å². The third-order valence-corrected chi connectivity index (χ3v) is 3.96. The number of carbonyl (C=O) groups excluding carboxylic acids is 1. The van der Waals surface area contributed by atoms with Gasteiger partial charge in [0.1, 0.15) is 5.75 Å². The van der Waals surface area contributed by atoms with Gasteiger partial charge in [0, 0.05) is 32.2 Å². The molecule has 6 heteroatoms. The fraction of sp³-hybridized carbons (Fsp3) is 0.588. The van der Waals surface area contributed by atoms with Crippen LogP contribution in [0.15, 0.2) is 24.3 Å². The predicted molar refractivity (Wildman–Crippen MR) is 87.5 cm³/mol. The van der Waals surface area contributed by atoms with Crippen LogP contribution in [0.2, 0.25) is 0 Å². The van der Waals surface area contributed by atoms with E-state index in [1.165, 1.54) is 0 Å². The van der Waals surface area contributed by atoms with Crippen molar-refractivity contribution < 1.29 is 19.4 Å². The first-order valence-corrected chi connectivity index (χ1v) is 8.02. The first-order valence-electron chi connectivity index (χ1n) is 8.02. The van der Waals surface area contributed by atoms with E-state index in [9.17, 15) is 9.90 Å². The second-order valence-corrected chi connectivity index (χ2v) is 5.77. The standard InChI is InChI=1S/C17H26N2O4/c1-22-16-5-3-2-4-15(16)6-7-18-17(21)11-19-8-9-23-13-14(10-19)12-20/h2-5,14,20H,6-13H2,1H3,(H,18,21). The zero-order valence-electron chi connectivity index (χ0n) is 13.7. The van der Waals surface area contributed by atoms with Gasteiger partial charge in [-0.15, -0.1) is 0 Å². The summed E-state index contributed by atoms with van der Waals surface area (Å²) < 4.78 is 10.7. The second kappa shape index (κ2) is 9.50. The fourth-order valence-corrected chi connectivity index (χ4v) is 2.71. The predicted octanol–water partition coefficient (Wildman–Crippen LogP) is 0.295. The van der Waals surface area contributed by atoms with Gasteiger partial charge in [0.2, 0.25) is 5.91 Å². The molecule has 0 bridgehead atoms. The molecule has 1 aromatic rings. The van der Waals surface area contributed by atoms with Gasteiger partial charge in [0.15, 0.2) is 0 Å². The maximum atomic E-state index is 12.1. The summed E-state index contributed by atoms with van der Waals surface area (Å²) in [5.41, 5.74) is 1.08. The van der Waals surface area contributed by atoms with Gasteiger partial charge in [-0.25, -0.2) is 0 Å². The van der Waals surface area contributed by atoms with Crippen molar-refractivity contribution in [1.82, 2.24) is 10.2 Å². The maximum absolute atomic E-state index is 12.1. The number of aliphatic hydroxyl groups excluding tert-OH is 1. The van der Waals surface area contributed by atoms with Crippen molar-refractivity contribution in [2.45, 2.75) is 6.42 Å². The van der Waals surface area contributed by atoms with Gasteiger partial charge in [0.25, 0.3) is 0 Å². The van der Waals surface area contributed by atoms with E-state index in [2.05, 4.69) is 5.32 Å². The van der Waals surface area contributed by atoms with Gasteiger partial charge in [-0.3, -0.25) is 9.69 Å². The average Bonchev–Trinajstić information content (AvgIpc) is 2.80. The molecule has 1 aliphatic rings. The van der Waals surface area contributed by atoms with Crippen molar-refractivity contribution in [1.29, 1.82) is 0 Å². The van der Waals surface area contributed by atoms with E-state index in [0.29, 0.717) is 32.8 Å². The highest BCUT2D eigenvalue weighted by atomic mass is 16.5. The molecular weight excluding hydrogens is 296 g/mol. The summed E-state index contributed by atoms with van der Waals surface area (Å²) in [7, 11) is 1.65. The van der Waals surface area contributed by atoms with E-state index < -0.39 is 0 Å². The average molecular weight is 322 g/mol. The minimum atomic E-state index is -0.00140. The molecule has 1 unspecified atom stereocenters. The van der Waals surface area contributed by atoms with E-state index in [4.69, 9.17) is 9.47 Å². The Morgan fingerprint density at radius 3 is 3.09 bits per heavy atom. The third-order valence-electron chi connectivity index (χ3n) is 3.96. The molecule has 6 nitrogen and oxygen atoms in total. The third kappa shape index (κ3) is 5.82. The Balaban J connectivity index is 1.74. The highest BCUT2D eigenvalue weighted by Crippen LogP contribution is 2.17. The van der Waals surface area contributed by atoms with Crippen molar-refractivity contribution in [3.63, 3.8) is 0 Å². The van der Waals surface area contributed by atoms with Crippen LogP contribution in [0.25, 0.3) is 0 Å². The molecule has 0 spiro atoms. The Labute approximate surface area is 137 Å². The Hall–Kier alpha value is -1.63. The lowest BCUT2D eigenvalue weighted by Crippen LogP contribution is -2.41. The number of rotatable bonds is 7. The van der Waals surface area contributed by atoms with Crippen LogP contribution < -0.4 is 10.1 Å². The van der Waals surface area contributed by atoms with Crippen LogP contribution in [-0.4, -0.2) is 69.0 Å². The van der Waals surface area contributed by atoms with Crippen LogP contribution >= 0.6 is 0 Å². The SMILES string of the molecule is COc1ccccc1CCNC(=O)CN1CCOCC(CO)C1. The smallest absolute Gasteiger partial charge is 0.234 e. The lowest BCUT2D eigenvalue weighted by atomic mass is 10.1. The van der Waals surface area contributed by atoms with E-state index in [-0.39, 0.29) is 18.4 Å². The van der Waals surface area contributed by atoms with Gasteiger partial charge in [-0.1, -0.05) is 18.2 Å². The molecule has 1 atom stereocenters. The molecule has 0 aliphatic carbocycles. The van der Waals surface area contributed by atoms with E-state index in [1.54, 1.807) is 7.11 Å². The first-order chi connectivity index (χ1) is 11.2. The van der Waals surface area contributed by atoms with Gasteiger partial charge < -0.3 is 19.9 Å². The number of hydrogen-bond acceptors (Lipinski definition) is 5. The van der Waals surface area contributed by atoms with Crippen LogP contribution in [0.5, 0.6) is 5.75 Å². The summed E-state index contributed by atoms with van der Waals surface area (Å²) in [5, 5.41) is 12.2. The zero-order valence-corrected chi connectivity index (χ0v) is 13.7. The molecule has 1 saturated heterocycles. The fourth-order valence-electron chi connectivity index (χ4n) is 2.71. The molecule has 1 heterocycles. The molecule has 0 aromatic heterocycles. The zero-order chi connectivity index (χ0) is 16.5. The largest absolute Gasteiger partial charge is 0.496 e. The molecule has 1 aromatic carbocycles. The Bertz CT molecular complexity index is 495. The molecule has 1 aliphatic heterocycles. The highest BCUT2D eigenvalue weighted by Gasteiger charge is 2.19. The number of carbonyl (C=O) groups is 1. The monoisotopic (exact) mass is 322 g/mol. The summed E-state index contributed by atoms with van der Waals surface area (Å²) in [5.74, 6) is 0.926. The molecule has 23 heavy (non-hydrogen) atoms. The molecule has 0 radical (unpaired) electrons. The Morgan fingerprint density at radius 1 is 1.48 bits per heavy atom. The maximum Gasteiger partial charge on any atom is 0.234 e. The molecule has 128 valence electrons. The summed E-state index contributed by atoms with van der Waals surface area (Å²) in [4.78, 5) is 14.1. The number of methoxy groups -OCH3 is 1. The Morgan fingerprint density at radius 2 is 2.30 bits per heavy atom. The summed E-state index contributed by atoms with van der Waals surface area (Å²) in [6.07, 6.45) is 0.734. The van der Waals surface area contributed by atoms with Gasteiger partial charge in [0.05, 0.1) is 26.9 Å². The second-order valence-electron chi connectivity index (χ2n) is 5.77. The van der Waals surface area contributed by atoms with Gasteiger partial charge >= 0.3 is 0 Å². The number of para-hydroxylation sites is 1. The van der Waals surface area contributed by atoms with Crippen LogP contribution in [0.4, 0.5) is 0 Å². The first kappa shape index (κ1) is 17.7. The summed E-state index contributed by atoms with van der Waals surface area (Å²) >= 11 is 0. The van der Waals surface area contributed by atoms with Crippen molar-refractivity contribution in [2.75, 3.05) is 53.1 Å². The number of amides is 1. The summed E-state index contributed by atoms with van der Waals surface area (Å²) in [6.45, 7) is 3.57. The van der Waals surface area contributed by atoms with Crippen LogP contribution in [0.1, 0.15) is 5.56 Å². The Kier molecular flexibility index (Phi) is 7.32. The lowest BCUT2D eigenvalue weighted by molar-refractivity contribution is -0.122. The number of nitrogens with zero attached hydrogens (tertiary/aromatic N) is 1. The number of aliphatic hydroxyl groups is 1. The molecule has 2 N–H and O–H groups in total. The van der Waals surface area contributed by atoms with Crippen LogP contribution in [0, 0.1) is 5.92 Å². The van der Waals surface area contributed by atoms with E-state index >= 15 is 0 Å². The normalized spacial score (nSPS) is 19.1. The van der Waals surface area contributed by atoms with Crippen molar-refractivity contribution in [2.24, 2.45) is 5.92 Å². The molecule has 1 fully saturated rings. The van der Waals surface area contributed by atoms with Crippen molar-refractivity contribution in [3.05, 3.63) is 29.8 Å². The van der Waals surface area contributed by atoms with E-state index in [1.807, 2.05) is 29.2 Å². The quantitative estimate of drug-likeness (QED) is 0.755. The van der Waals surface area contributed by atoms with E-state index in [0.717, 1.165) is 24.3 Å². The van der Waals surface area contributed by atoms with Gasteiger partial charge in [-0.05, 0) is 18.1 Å². The summed E-state index contributed by atoms with van der Waals surface area (Å²) in [6, 6.07) is 7.82. The topological polar surface area (TPSA) is 71.0 Å². The number of nitrogens with one attached hydrogen (secondary N) is 1. The number of ether oxygens (including phenoxy) is 2. The molecule has 0 saturated carbocycles. The van der Waals surface area contributed by atoms with Crippen LogP contribution in [0.3, 0.4) is 0 Å². The lowest BCUT2D eigenvalue weighted by Gasteiger charge is -2.21. The van der Waals surface area contributed by atoms with Crippen molar-refractivity contribution in [3.8, 4) is 5.75 Å². The molecule has 1 amide bonds. The molecular formula is C17H26N2O4. The van der Waals surface area contributed by atoms with Crippen molar-refractivity contribution >= 4 is 5.91 Å².